The Morgan fingerprint density at radius 1 is 1.62 bits per heavy atom. The smallest absolute Gasteiger partial charge is 0.325 e. The Bertz CT molecular complexity index is 366. The van der Waals surface area contributed by atoms with Gasteiger partial charge in [0.15, 0.2) is 0 Å². The van der Waals surface area contributed by atoms with Crippen LogP contribution in [0.4, 0.5) is 11.4 Å². The van der Waals surface area contributed by atoms with Crippen molar-refractivity contribution in [1.29, 1.82) is 0 Å². The van der Waals surface area contributed by atoms with E-state index in [2.05, 4.69) is 9.72 Å². The molecule has 2 N–H and O–H groups in total. The summed E-state index contributed by atoms with van der Waals surface area (Å²) in [5.41, 5.74) is 7.18. The molecule has 0 aliphatic carbocycles. The lowest BCUT2D eigenvalue weighted by Gasteiger charge is -2.28. The number of aromatic nitrogens is 1. The molecule has 0 aliphatic rings. The molecule has 0 amide bonds. The van der Waals surface area contributed by atoms with Gasteiger partial charge in [-0.3, -0.25) is 9.78 Å². The molecule has 0 radical (unpaired) electrons. The fourth-order valence-corrected chi connectivity index (χ4v) is 1.41. The second kappa shape index (κ2) is 5.34. The van der Waals surface area contributed by atoms with Gasteiger partial charge in [0.2, 0.25) is 0 Å². The molecule has 0 fully saturated rings. The Labute approximate surface area is 95.2 Å². The first-order chi connectivity index (χ1) is 7.56. The van der Waals surface area contributed by atoms with Crippen LogP contribution in [0.2, 0.25) is 0 Å². The molecule has 0 aliphatic heterocycles. The first-order valence-corrected chi connectivity index (χ1v) is 5.09. The molecule has 5 nitrogen and oxygen atoms in total. The molecular formula is C11H17N3O2. The van der Waals surface area contributed by atoms with Crippen LogP contribution >= 0.6 is 0 Å². The number of carbonyl (C=O) groups is 1. The van der Waals surface area contributed by atoms with Gasteiger partial charge < -0.3 is 15.4 Å². The molecule has 1 rings (SSSR count). The zero-order valence-electron chi connectivity index (χ0n) is 9.80. The Morgan fingerprint density at radius 3 is 2.81 bits per heavy atom. The number of rotatable bonds is 4. The molecular weight excluding hydrogens is 206 g/mol. The summed E-state index contributed by atoms with van der Waals surface area (Å²) < 4.78 is 4.66. The van der Waals surface area contributed by atoms with Crippen molar-refractivity contribution < 1.29 is 9.53 Å². The minimum absolute atomic E-state index is 0.156. The van der Waals surface area contributed by atoms with Crippen molar-refractivity contribution in [2.24, 2.45) is 0 Å². The van der Waals surface area contributed by atoms with E-state index in [1.807, 2.05) is 18.7 Å². The first-order valence-electron chi connectivity index (χ1n) is 5.09. The summed E-state index contributed by atoms with van der Waals surface area (Å²) in [6, 6.07) is 1.95. The highest BCUT2D eigenvalue weighted by Crippen LogP contribution is 2.23. The topological polar surface area (TPSA) is 68.5 Å². The van der Waals surface area contributed by atoms with E-state index in [9.17, 15) is 4.79 Å². The summed E-state index contributed by atoms with van der Waals surface area (Å²) in [5.74, 6) is -0.287. The van der Waals surface area contributed by atoms with Crippen molar-refractivity contribution in [2.45, 2.75) is 19.9 Å². The van der Waals surface area contributed by atoms with Crippen LogP contribution in [0.1, 0.15) is 13.8 Å². The van der Waals surface area contributed by atoms with Crippen LogP contribution in [0.3, 0.4) is 0 Å². The number of nitrogen functional groups attached to an aromatic ring is 1. The third kappa shape index (κ3) is 2.85. The van der Waals surface area contributed by atoms with Crippen molar-refractivity contribution in [1.82, 2.24) is 4.98 Å². The van der Waals surface area contributed by atoms with E-state index < -0.39 is 0 Å². The molecule has 1 heterocycles. The molecule has 5 heteroatoms. The van der Waals surface area contributed by atoms with Gasteiger partial charge >= 0.3 is 5.97 Å². The first kappa shape index (κ1) is 12.3. The number of methoxy groups -OCH3 is 1. The zero-order chi connectivity index (χ0) is 12.1. The number of anilines is 2. The zero-order valence-corrected chi connectivity index (χ0v) is 9.80. The molecule has 0 saturated heterocycles. The quantitative estimate of drug-likeness (QED) is 0.773. The predicted molar refractivity (Wildman–Crippen MR) is 63.1 cm³/mol. The van der Waals surface area contributed by atoms with Crippen molar-refractivity contribution in [3.63, 3.8) is 0 Å². The number of carbonyl (C=O) groups excluding carboxylic acids is 1. The summed E-state index contributed by atoms with van der Waals surface area (Å²) in [5, 5.41) is 0. The van der Waals surface area contributed by atoms with Crippen LogP contribution in [-0.2, 0) is 9.53 Å². The molecule has 0 saturated carbocycles. The van der Waals surface area contributed by atoms with Crippen LogP contribution in [0.25, 0.3) is 0 Å². The number of hydrogen-bond donors (Lipinski definition) is 1. The molecule has 0 unspecified atom stereocenters. The highest BCUT2D eigenvalue weighted by molar-refractivity contribution is 5.78. The van der Waals surface area contributed by atoms with E-state index >= 15 is 0 Å². The molecule has 0 atom stereocenters. The lowest BCUT2D eigenvalue weighted by atomic mass is 10.2. The van der Waals surface area contributed by atoms with E-state index in [4.69, 9.17) is 5.73 Å². The third-order valence-corrected chi connectivity index (χ3v) is 2.29. The highest BCUT2D eigenvalue weighted by Gasteiger charge is 2.16. The van der Waals surface area contributed by atoms with Gasteiger partial charge in [0.25, 0.3) is 0 Å². The van der Waals surface area contributed by atoms with Gasteiger partial charge in [0, 0.05) is 12.2 Å². The van der Waals surface area contributed by atoms with E-state index in [0.29, 0.717) is 5.69 Å². The Hall–Kier alpha value is -1.78. The van der Waals surface area contributed by atoms with E-state index in [0.717, 1.165) is 5.69 Å². The van der Waals surface area contributed by atoms with Crippen molar-refractivity contribution >= 4 is 17.3 Å². The molecule has 1 aromatic rings. The SMILES string of the molecule is COC(=O)CN(c1ccncc1N)C(C)C. The maximum Gasteiger partial charge on any atom is 0.325 e. The molecule has 88 valence electrons. The maximum atomic E-state index is 11.3. The molecule has 0 bridgehead atoms. The number of pyridine rings is 1. The monoisotopic (exact) mass is 223 g/mol. The van der Waals surface area contributed by atoms with Crippen LogP contribution in [0.5, 0.6) is 0 Å². The summed E-state index contributed by atoms with van der Waals surface area (Å²) >= 11 is 0. The second-order valence-electron chi connectivity index (χ2n) is 3.73. The summed E-state index contributed by atoms with van der Waals surface area (Å²) in [6.45, 7) is 4.16. The lowest BCUT2D eigenvalue weighted by Crippen LogP contribution is -2.36. The number of hydrogen-bond acceptors (Lipinski definition) is 5. The minimum Gasteiger partial charge on any atom is -0.468 e. The van der Waals surface area contributed by atoms with E-state index in [-0.39, 0.29) is 18.6 Å². The predicted octanol–water partition coefficient (Wildman–Crippen LogP) is 1.05. The number of ether oxygens (including phenoxy) is 1. The van der Waals surface area contributed by atoms with Gasteiger partial charge in [0.1, 0.15) is 6.54 Å². The number of nitrogens with two attached hydrogens (primary N) is 1. The van der Waals surface area contributed by atoms with Crippen molar-refractivity contribution in [3.8, 4) is 0 Å². The fraction of sp³-hybridized carbons (Fsp3) is 0.455. The van der Waals surface area contributed by atoms with Gasteiger partial charge in [-0.25, -0.2) is 0 Å². The largest absolute Gasteiger partial charge is 0.468 e. The van der Waals surface area contributed by atoms with Gasteiger partial charge in [-0.1, -0.05) is 0 Å². The van der Waals surface area contributed by atoms with Crippen molar-refractivity contribution in [3.05, 3.63) is 18.5 Å². The third-order valence-electron chi connectivity index (χ3n) is 2.29. The lowest BCUT2D eigenvalue weighted by molar-refractivity contribution is -0.139. The maximum absolute atomic E-state index is 11.3. The molecule has 0 spiro atoms. The summed E-state index contributed by atoms with van der Waals surface area (Å²) in [4.78, 5) is 17.1. The van der Waals surface area contributed by atoms with Gasteiger partial charge in [-0.05, 0) is 19.9 Å². The van der Waals surface area contributed by atoms with Gasteiger partial charge in [-0.15, -0.1) is 0 Å². The number of esters is 1. The van der Waals surface area contributed by atoms with Crippen LogP contribution in [0.15, 0.2) is 18.5 Å². The highest BCUT2D eigenvalue weighted by atomic mass is 16.5. The molecule has 16 heavy (non-hydrogen) atoms. The standard InChI is InChI=1S/C11H17N3O2/c1-8(2)14(7-11(15)16-3)10-4-5-13-6-9(10)12/h4-6,8H,7,12H2,1-3H3. The summed E-state index contributed by atoms with van der Waals surface area (Å²) in [6.07, 6.45) is 3.22. The second-order valence-corrected chi connectivity index (χ2v) is 3.73. The Morgan fingerprint density at radius 2 is 2.31 bits per heavy atom. The Kier molecular flexibility index (Phi) is 4.10. The van der Waals surface area contributed by atoms with Gasteiger partial charge in [0.05, 0.1) is 24.7 Å². The van der Waals surface area contributed by atoms with Crippen LogP contribution in [-0.4, -0.2) is 30.6 Å². The van der Waals surface area contributed by atoms with Crippen LogP contribution in [0, 0.1) is 0 Å². The Balaban J connectivity index is 2.94. The molecule has 1 aromatic heterocycles. The van der Waals surface area contributed by atoms with Crippen molar-refractivity contribution in [2.75, 3.05) is 24.3 Å². The normalized spacial score (nSPS) is 10.2. The van der Waals surface area contributed by atoms with Gasteiger partial charge in [-0.2, -0.15) is 0 Å². The average Bonchev–Trinajstić information content (AvgIpc) is 2.26. The van der Waals surface area contributed by atoms with E-state index in [1.165, 1.54) is 7.11 Å². The summed E-state index contributed by atoms with van der Waals surface area (Å²) in [7, 11) is 1.37. The van der Waals surface area contributed by atoms with E-state index in [1.54, 1.807) is 18.5 Å². The average molecular weight is 223 g/mol. The minimum atomic E-state index is -0.287. The van der Waals surface area contributed by atoms with Crippen LogP contribution < -0.4 is 10.6 Å². The molecule has 0 aromatic carbocycles. The fourth-order valence-electron chi connectivity index (χ4n) is 1.41. The number of nitrogens with zero attached hydrogens (tertiary/aromatic N) is 2.